The Morgan fingerprint density at radius 3 is 2.84 bits per heavy atom. The number of aromatic nitrogens is 1. The summed E-state index contributed by atoms with van der Waals surface area (Å²) in [7, 11) is 0. The molecular formula is C14H17FN2O2. The molecule has 0 spiro atoms. The van der Waals surface area contributed by atoms with Crippen LogP contribution in [0.3, 0.4) is 0 Å². The number of carbonyl (C=O) groups is 1. The van der Waals surface area contributed by atoms with Crippen LogP contribution in [-0.2, 0) is 4.74 Å². The van der Waals surface area contributed by atoms with Crippen molar-refractivity contribution >= 4 is 6.09 Å². The average molecular weight is 264 g/mol. The molecule has 5 heteroatoms. The molecule has 0 radical (unpaired) electrons. The van der Waals surface area contributed by atoms with Crippen molar-refractivity contribution in [3.8, 4) is 11.8 Å². The van der Waals surface area contributed by atoms with Crippen LogP contribution in [0.5, 0.6) is 0 Å². The van der Waals surface area contributed by atoms with Crippen LogP contribution in [-0.4, -0.2) is 23.2 Å². The molecule has 0 unspecified atom stereocenters. The predicted molar refractivity (Wildman–Crippen MR) is 70.0 cm³/mol. The first-order chi connectivity index (χ1) is 8.78. The third-order valence-corrected chi connectivity index (χ3v) is 1.92. The van der Waals surface area contributed by atoms with E-state index in [0.29, 0.717) is 0 Å². The molecule has 4 nitrogen and oxygen atoms in total. The molecule has 1 heterocycles. The lowest BCUT2D eigenvalue weighted by atomic mass is 10.2. The highest BCUT2D eigenvalue weighted by atomic mass is 19.1. The Labute approximate surface area is 112 Å². The number of alkyl carbamates (subject to hydrolysis) is 1. The molecule has 0 aliphatic heterocycles. The van der Waals surface area contributed by atoms with E-state index in [9.17, 15) is 9.18 Å². The van der Waals surface area contributed by atoms with Crippen LogP contribution < -0.4 is 5.32 Å². The van der Waals surface area contributed by atoms with Gasteiger partial charge in [-0.3, -0.25) is 0 Å². The molecule has 0 fully saturated rings. The molecule has 0 saturated carbocycles. The number of halogens is 1. The number of aryl methyl sites for hydroxylation is 1. The Kier molecular flexibility index (Phi) is 4.87. The second-order valence-electron chi connectivity index (χ2n) is 5.01. The zero-order valence-corrected chi connectivity index (χ0v) is 11.5. The standard InChI is InChI=1S/C14H17FN2O2/c1-10-8-11(12(15)17-9-10)6-5-7-16-13(18)19-14(2,3)4/h8-9H,7H2,1-4H3,(H,16,18). The molecule has 0 aliphatic carbocycles. The molecular weight excluding hydrogens is 247 g/mol. The maximum absolute atomic E-state index is 13.3. The van der Waals surface area contributed by atoms with Crippen LogP contribution >= 0.6 is 0 Å². The fraction of sp³-hybridized carbons (Fsp3) is 0.429. The first kappa shape index (κ1) is 15.0. The van der Waals surface area contributed by atoms with E-state index in [1.165, 1.54) is 6.20 Å². The van der Waals surface area contributed by atoms with E-state index in [1.54, 1.807) is 33.8 Å². The second kappa shape index (κ2) is 6.19. The highest BCUT2D eigenvalue weighted by Crippen LogP contribution is 2.06. The van der Waals surface area contributed by atoms with Crippen molar-refractivity contribution in [1.29, 1.82) is 0 Å². The summed E-state index contributed by atoms with van der Waals surface area (Å²) >= 11 is 0. The lowest BCUT2D eigenvalue weighted by molar-refractivity contribution is 0.0535. The number of hydrogen-bond donors (Lipinski definition) is 1. The molecule has 19 heavy (non-hydrogen) atoms. The van der Waals surface area contributed by atoms with Gasteiger partial charge in [0.2, 0.25) is 5.95 Å². The van der Waals surface area contributed by atoms with Gasteiger partial charge in [0.05, 0.1) is 12.1 Å². The summed E-state index contributed by atoms with van der Waals surface area (Å²) in [5.74, 6) is 4.64. The summed E-state index contributed by atoms with van der Waals surface area (Å²) in [6.07, 6.45) is 0.879. The van der Waals surface area contributed by atoms with Crippen molar-refractivity contribution in [3.05, 3.63) is 29.3 Å². The van der Waals surface area contributed by atoms with E-state index in [4.69, 9.17) is 4.74 Å². The van der Waals surface area contributed by atoms with Gasteiger partial charge < -0.3 is 10.1 Å². The van der Waals surface area contributed by atoms with Gasteiger partial charge in [-0.05, 0) is 39.3 Å². The van der Waals surface area contributed by atoms with Gasteiger partial charge in [0, 0.05) is 6.20 Å². The quantitative estimate of drug-likeness (QED) is 0.626. The maximum atomic E-state index is 13.3. The number of rotatable bonds is 1. The van der Waals surface area contributed by atoms with E-state index in [0.717, 1.165) is 5.56 Å². The molecule has 1 N–H and O–H groups in total. The zero-order chi connectivity index (χ0) is 14.5. The molecule has 0 atom stereocenters. The summed E-state index contributed by atoms with van der Waals surface area (Å²) < 4.78 is 18.3. The van der Waals surface area contributed by atoms with E-state index < -0.39 is 17.6 Å². The number of amides is 1. The highest BCUT2D eigenvalue weighted by molar-refractivity contribution is 5.68. The fourth-order valence-corrected chi connectivity index (χ4v) is 1.21. The van der Waals surface area contributed by atoms with E-state index in [-0.39, 0.29) is 12.1 Å². The van der Waals surface area contributed by atoms with Crippen LogP contribution in [0.15, 0.2) is 12.3 Å². The Morgan fingerprint density at radius 2 is 2.21 bits per heavy atom. The third-order valence-electron chi connectivity index (χ3n) is 1.92. The minimum atomic E-state index is -0.615. The second-order valence-corrected chi connectivity index (χ2v) is 5.01. The van der Waals surface area contributed by atoms with Crippen molar-refractivity contribution in [1.82, 2.24) is 10.3 Å². The number of nitrogens with zero attached hydrogens (tertiary/aromatic N) is 1. The number of nitrogens with one attached hydrogen (secondary N) is 1. The molecule has 1 aromatic rings. The summed E-state index contributed by atoms with van der Waals surface area (Å²) in [6.45, 7) is 7.20. The van der Waals surface area contributed by atoms with Gasteiger partial charge in [0.25, 0.3) is 0 Å². The first-order valence-electron chi connectivity index (χ1n) is 5.86. The lowest BCUT2D eigenvalue weighted by Gasteiger charge is -2.18. The minimum Gasteiger partial charge on any atom is -0.444 e. The van der Waals surface area contributed by atoms with Gasteiger partial charge in [-0.2, -0.15) is 4.39 Å². The fourth-order valence-electron chi connectivity index (χ4n) is 1.21. The van der Waals surface area contributed by atoms with Crippen LogP contribution in [0.2, 0.25) is 0 Å². The van der Waals surface area contributed by atoms with E-state index in [1.807, 2.05) is 0 Å². The maximum Gasteiger partial charge on any atom is 0.408 e. The molecule has 1 rings (SSSR count). The predicted octanol–water partition coefficient (Wildman–Crippen LogP) is 2.41. The molecule has 102 valence electrons. The molecule has 1 aromatic heterocycles. The Balaban J connectivity index is 2.52. The van der Waals surface area contributed by atoms with Gasteiger partial charge >= 0.3 is 6.09 Å². The monoisotopic (exact) mass is 264 g/mol. The van der Waals surface area contributed by atoms with Crippen LogP contribution in [0.1, 0.15) is 31.9 Å². The average Bonchev–Trinajstić information content (AvgIpc) is 2.26. The van der Waals surface area contributed by atoms with Crippen LogP contribution in [0, 0.1) is 24.7 Å². The minimum absolute atomic E-state index is 0.0856. The molecule has 1 amide bonds. The number of carbonyl (C=O) groups excluding carboxylic acids is 1. The molecule has 0 aliphatic rings. The SMILES string of the molecule is Cc1cnc(F)c(C#CCNC(=O)OC(C)(C)C)c1. The van der Waals surface area contributed by atoms with Crippen molar-refractivity contribution < 1.29 is 13.9 Å². The van der Waals surface area contributed by atoms with E-state index in [2.05, 4.69) is 22.1 Å². The van der Waals surface area contributed by atoms with Gasteiger partial charge in [0.1, 0.15) is 5.60 Å². The summed E-state index contributed by atoms with van der Waals surface area (Å²) in [4.78, 5) is 14.9. The summed E-state index contributed by atoms with van der Waals surface area (Å²) in [5.41, 5.74) is 0.487. The zero-order valence-electron chi connectivity index (χ0n) is 11.5. The van der Waals surface area contributed by atoms with Crippen molar-refractivity contribution in [2.75, 3.05) is 6.54 Å². The number of hydrogen-bond acceptors (Lipinski definition) is 3. The largest absolute Gasteiger partial charge is 0.444 e. The van der Waals surface area contributed by atoms with Gasteiger partial charge in [-0.25, -0.2) is 9.78 Å². The topological polar surface area (TPSA) is 51.2 Å². The van der Waals surface area contributed by atoms with Crippen molar-refractivity contribution in [2.24, 2.45) is 0 Å². The number of ether oxygens (including phenoxy) is 1. The smallest absolute Gasteiger partial charge is 0.408 e. The third kappa shape index (κ3) is 5.87. The summed E-state index contributed by atoms with van der Waals surface area (Å²) in [5, 5.41) is 2.47. The van der Waals surface area contributed by atoms with Gasteiger partial charge in [-0.1, -0.05) is 11.8 Å². The van der Waals surface area contributed by atoms with Gasteiger partial charge in [0.15, 0.2) is 0 Å². The van der Waals surface area contributed by atoms with Crippen LogP contribution in [0.25, 0.3) is 0 Å². The normalized spacial score (nSPS) is 10.4. The highest BCUT2D eigenvalue weighted by Gasteiger charge is 2.14. The Morgan fingerprint density at radius 1 is 1.53 bits per heavy atom. The van der Waals surface area contributed by atoms with Crippen molar-refractivity contribution in [2.45, 2.75) is 33.3 Å². The molecule has 0 aromatic carbocycles. The molecule has 0 saturated heterocycles. The van der Waals surface area contributed by atoms with Crippen LogP contribution in [0.4, 0.5) is 9.18 Å². The lowest BCUT2D eigenvalue weighted by Crippen LogP contribution is -2.32. The Bertz CT molecular complexity index is 524. The number of pyridine rings is 1. The van der Waals surface area contributed by atoms with Gasteiger partial charge in [-0.15, -0.1) is 0 Å². The molecule has 0 bridgehead atoms. The first-order valence-corrected chi connectivity index (χ1v) is 5.86. The summed E-state index contributed by atoms with van der Waals surface area (Å²) in [6, 6.07) is 1.60. The Hall–Kier alpha value is -2.09. The van der Waals surface area contributed by atoms with E-state index >= 15 is 0 Å². The van der Waals surface area contributed by atoms with Crippen molar-refractivity contribution in [3.63, 3.8) is 0 Å².